The molecule has 2 aliphatic carbocycles. The second-order valence-corrected chi connectivity index (χ2v) is 7.74. The summed E-state index contributed by atoms with van der Waals surface area (Å²) < 4.78 is 0. The van der Waals surface area contributed by atoms with Crippen LogP contribution in [0.25, 0.3) is 0 Å². The van der Waals surface area contributed by atoms with Gasteiger partial charge in [-0.3, -0.25) is 14.5 Å². The molecule has 1 saturated heterocycles. The highest BCUT2D eigenvalue weighted by Crippen LogP contribution is 2.38. The van der Waals surface area contributed by atoms with Crippen LogP contribution in [0.5, 0.6) is 0 Å². The summed E-state index contributed by atoms with van der Waals surface area (Å²) >= 11 is 0. The minimum absolute atomic E-state index is 0.0644. The Hall–Kier alpha value is -2.10. The van der Waals surface area contributed by atoms with Crippen LogP contribution in [0.3, 0.4) is 0 Å². The van der Waals surface area contributed by atoms with Gasteiger partial charge in [0.25, 0.3) is 5.91 Å². The molecule has 1 heterocycles. The van der Waals surface area contributed by atoms with Crippen molar-refractivity contribution in [3.8, 4) is 6.07 Å². The summed E-state index contributed by atoms with van der Waals surface area (Å²) in [5.41, 5.74) is -1.71. The zero-order chi connectivity index (χ0) is 18.1. The highest BCUT2D eigenvalue weighted by atomic mass is 16.2. The number of hydrogen-bond acceptors (Lipinski definition) is 4. The highest BCUT2D eigenvalue weighted by Gasteiger charge is 2.55. The summed E-state index contributed by atoms with van der Waals surface area (Å²) in [6, 6.07) is 1.73. The third kappa shape index (κ3) is 3.10. The molecule has 136 valence electrons. The van der Waals surface area contributed by atoms with Gasteiger partial charge in [0.1, 0.15) is 17.6 Å². The van der Waals surface area contributed by atoms with Crippen LogP contribution in [0.15, 0.2) is 0 Å². The summed E-state index contributed by atoms with van der Waals surface area (Å²) in [5, 5.41) is 15.1. The molecular formula is C18H26N4O3. The zero-order valence-electron chi connectivity index (χ0n) is 14.8. The molecule has 3 fully saturated rings. The van der Waals surface area contributed by atoms with Crippen LogP contribution in [0.2, 0.25) is 0 Å². The number of carbonyl (C=O) groups excluding carboxylic acids is 3. The summed E-state index contributed by atoms with van der Waals surface area (Å²) in [4.78, 5) is 38.7. The molecular weight excluding hydrogens is 320 g/mol. The van der Waals surface area contributed by atoms with Crippen molar-refractivity contribution in [1.29, 1.82) is 5.26 Å². The van der Waals surface area contributed by atoms with Gasteiger partial charge in [-0.05, 0) is 31.6 Å². The quantitative estimate of drug-likeness (QED) is 0.761. The number of urea groups is 1. The number of imide groups is 1. The first-order chi connectivity index (χ1) is 11.9. The first-order valence-corrected chi connectivity index (χ1v) is 9.29. The van der Waals surface area contributed by atoms with Gasteiger partial charge in [-0.25, -0.2) is 4.79 Å². The fourth-order valence-electron chi connectivity index (χ4n) is 4.51. The molecule has 0 aromatic heterocycles. The van der Waals surface area contributed by atoms with E-state index in [1.165, 1.54) is 0 Å². The molecule has 7 nitrogen and oxygen atoms in total. The Morgan fingerprint density at radius 2 is 1.92 bits per heavy atom. The van der Waals surface area contributed by atoms with E-state index in [0.29, 0.717) is 19.3 Å². The lowest BCUT2D eigenvalue weighted by Gasteiger charge is -2.37. The fraction of sp³-hybridized carbons (Fsp3) is 0.778. The largest absolute Gasteiger partial charge is 0.336 e. The van der Waals surface area contributed by atoms with Gasteiger partial charge in [0, 0.05) is 0 Å². The minimum atomic E-state index is -0.857. The Morgan fingerprint density at radius 3 is 2.56 bits per heavy atom. The summed E-state index contributed by atoms with van der Waals surface area (Å²) in [6.07, 6.45) is 7.57. The summed E-state index contributed by atoms with van der Waals surface area (Å²) in [6.45, 7) is 1.66. The maximum Gasteiger partial charge on any atom is 0.325 e. The maximum absolute atomic E-state index is 12.9. The van der Waals surface area contributed by atoms with Crippen molar-refractivity contribution in [2.75, 3.05) is 6.54 Å². The second kappa shape index (κ2) is 6.66. The summed E-state index contributed by atoms with van der Waals surface area (Å²) in [7, 11) is 0. The normalized spacial score (nSPS) is 31.5. The van der Waals surface area contributed by atoms with Gasteiger partial charge in [-0.2, -0.15) is 5.26 Å². The van der Waals surface area contributed by atoms with Gasteiger partial charge in [-0.15, -0.1) is 0 Å². The molecule has 2 N–H and O–H groups in total. The maximum atomic E-state index is 12.9. The molecule has 2 unspecified atom stereocenters. The third-order valence-electron chi connectivity index (χ3n) is 6.10. The SMILES string of the molecule is CC1CCCCC12NC(=O)N(CC(=O)NC1(C#N)CCCCC1)C2=O. The van der Waals surface area contributed by atoms with Crippen molar-refractivity contribution in [3.63, 3.8) is 0 Å². The first-order valence-electron chi connectivity index (χ1n) is 9.29. The van der Waals surface area contributed by atoms with Crippen molar-refractivity contribution >= 4 is 17.8 Å². The van der Waals surface area contributed by atoms with Crippen LogP contribution in [0.1, 0.15) is 64.7 Å². The van der Waals surface area contributed by atoms with Gasteiger partial charge >= 0.3 is 6.03 Å². The fourth-order valence-corrected chi connectivity index (χ4v) is 4.51. The van der Waals surface area contributed by atoms with Crippen molar-refractivity contribution in [1.82, 2.24) is 15.5 Å². The Morgan fingerprint density at radius 1 is 1.24 bits per heavy atom. The molecule has 4 amide bonds. The van der Waals surface area contributed by atoms with Gasteiger partial charge in [-0.1, -0.05) is 39.0 Å². The van der Waals surface area contributed by atoms with Crippen LogP contribution < -0.4 is 10.6 Å². The van der Waals surface area contributed by atoms with Gasteiger partial charge in [0.2, 0.25) is 5.91 Å². The number of amides is 4. The van der Waals surface area contributed by atoms with E-state index in [4.69, 9.17) is 0 Å². The van der Waals surface area contributed by atoms with Gasteiger partial charge < -0.3 is 10.6 Å². The van der Waals surface area contributed by atoms with E-state index in [2.05, 4.69) is 16.7 Å². The second-order valence-electron chi connectivity index (χ2n) is 7.74. The monoisotopic (exact) mass is 346 g/mol. The number of rotatable bonds is 3. The number of hydrogen-bond donors (Lipinski definition) is 2. The van der Waals surface area contributed by atoms with E-state index in [0.717, 1.165) is 43.4 Å². The average molecular weight is 346 g/mol. The lowest BCUT2D eigenvalue weighted by atomic mass is 9.73. The topological polar surface area (TPSA) is 102 Å². The molecule has 7 heteroatoms. The molecule has 2 atom stereocenters. The van der Waals surface area contributed by atoms with E-state index in [-0.39, 0.29) is 18.4 Å². The van der Waals surface area contributed by atoms with Gasteiger partial charge in [0.15, 0.2) is 0 Å². The number of nitrogens with one attached hydrogen (secondary N) is 2. The average Bonchev–Trinajstić information content (AvgIpc) is 2.83. The Bertz CT molecular complexity index is 620. The van der Waals surface area contributed by atoms with Crippen molar-refractivity contribution in [2.24, 2.45) is 5.92 Å². The molecule has 1 aliphatic heterocycles. The molecule has 0 radical (unpaired) electrons. The Balaban J connectivity index is 1.68. The van der Waals surface area contributed by atoms with E-state index >= 15 is 0 Å². The lowest BCUT2D eigenvalue weighted by Crippen LogP contribution is -2.55. The number of nitrogens with zero attached hydrogens (tertiary/aromatic N) is 2. The van der Waals surface area contributed by atoms with E-state index in [9.17, 15) is 19.6 Å². The molecule has 0 aromatic rings. The molecule has 3 aliphatic rings. The predicted molar refractivity (Wildman–Crippen MR) is 90.2 cm³/mol. The highest BCUT2D eigenvalue weighted by molar-refractivity contribution is 6.09. The molecule has 3 rings (SSSR count). The van der Waals surface area contributed by atoms with E-state index < -0.39 is 23.0 Å². The van der Waals surface area contributed by atoms with Crippen molar-refractivity contribution < 1.29 is 14.4 Å². The number of carbonyl (C=O) groups is 3. The smallest absolute Gasteiger partial charge is 0.325 e. The molecule has 0 bridgehead atoms. The third-order valence-corrected chi connectivity index (χ3v) is 6.10. The van der Waals surface area contributed by atoms with Crippen LogP contribution in [-0.4, -0.2) is 40.4 Å². The van der Waals surface area contributed by atoms with Crippen molar-refractivity contribution in [3.05, 3.63) is 0 Å². The van der Waals surface area contributed by atoms with Crippen LogP contribution in [0.4, 0.5) is 4.79 Å². The van der Waals surface area contributed by atoms with Crippen LogP contribution in [-0.2, 0) is 9.59 Å². The molecule has 2 saturated carbocycles. The van der Waals surface area contributed by atoms with Crippen LogP contribution >= 0.6 is 0 Å². The zero-order valence-corrected chi connectivity index (χ0v) is 14.8. The minimum Gasteiger partial charge on any atom is -0.336 e. The lowest BCUT2D eigenvalue weighted by molar-refractivity contribution is -0.137. The summed E-state index contributed by atoms with van der Waals surface area (Å²) in [5.74, 6) is -0.670. The first kappa shape index (κ1) is 17.7. The molecule has 0 aromatic carbocycles. The Kier molecular flexibility index (Phi) is 4.72. The standard InChI is InChI=1S/C18H26N4O3/c1-13-7-3-6-10-18(13)15(24)22(16(25)21-18)11-14(23)20-17(12-19)8-4-2-5-9-17/h13H,2-11H2,1H3,(H,20,23)(H,21,25). The van der Waals surface area contributed by atoms with E-state index in [1.807, 2.05) is 6.92 Å². The Labute approximate surface area is 148 Å². The predicted octanol–water partition coefficient (Wildman–Crippen LogP) is 1.83. The molecule has 1 spiro atoms. The van der Waals surface area contributed by atoms with E-state index in [1.54, 1.807) is 0 Å². The number of nitriles is 1. The van der Waals surface area contributed by atoms with Gasteiger partial charge in [0.05, 0.1) is 6.07 Å². The van der Waals surface area contributed by atoms with Crippen molar-refractivity contribution in [2.45, 2.75) is 75.8 Å². The molecule has 25 heavy (non-hydrogen) atoms. The van der Waals surface area contributed by atoms with Crippen LogP contribution in [0, 0.1) is 17.2 Å².